The highest BCUT2D eigenvalue weighted by molar-refractivity contribution is 7.09. The molecule has 1 saturated heterocycles. The number of nitrogens with zero attached hydrogens (tertiary/aromatic N) is 2. The Labute approximate surface area is 182 Å². The monoisotopic (exact) mass is 420 g/mol. The third kappa shape index (κ3) is 4.57. The maximum absolute atomic E-state index is 12.8. The fourth-order valence-corrected chi connectivity index (χ4v) is 4.50. The molecule has 0 N–H and O–H groups in total. The van der Waals surface area contributed by atoms with E-state index in [4.69, 9.17) is 4.74 Å². The number of amides is 1. The molecule has 4 rings (SSSR count). The van der Waals surface area contributed by atoms with Crippen LogP contribution < -0.4 is 4.74 Å². The molecule has 1 aromatic heterocycles. The topological polar surface area (TPSA) is 42.4 Å². The number of hydrogen-bond donors (Lipinski definition) is 0. The number of ether oxygens (including phenoxy) is 1. The summed E-state index contributed by atoms with van der Waals surface area (Å²) >= 11 is 1.64. The van der Waals surface area contributed by atoms with Crippen molar-refractivity contribution in [3.05, 3.63) is 69.0 Å². The predicted octanol–water partition coefficient (Wildman–Crippen LogP) is 5.94. The van der Waals surface area contributed by atoms with E-state index in [1.54, 1.807) is 11.3 Å². The fraction of sp³-hybridized carbons (Fsp3) is 0.360. The highest BCUT2D eigenvalue weighted by atomic mass is 32.1. The van der Waals surface area contributed by atoms with Crippen LogP contribution in [-0.2, 0) is 6.61 Å². The molecule has 30 heavy (non-hydrogen) atoms. The standard InChI is InChI=1S/C25H28N2O2S/c1-17-7-10-24(22(13-17)23-16-30-19(3)26-23)29-15-21-9-8-20(14-18(21)2)25(28)27-11-5-4-6-12-27/h7-10,13-14,16H,4-6,11-12,15H2,1-3H3. The normalized spacial score (nSPS) is 14.0. The minimum Gasteiger partial charge on any atom is -0.488 e. The van der Waals surface area contributed by atoms with Crippen LogP contribution >= 0.6 is 11.3 Å². The number of piperidine rings is 1. The molecule has 3 aromatic rings. The Morgan fingerprint density at radius 2 is 1.87 bits per heavy atom. The van der Waals surface area contributed by atoms with Crippen molar-refractivity contribution in [2.24, 2.45) is 0 Å². The number of rotatable bonds is 5. The van der Waals surface area contributed by atoms with Gasteiger partial charge in [0, 0.05) is 29.6 Å². The maximum atomic E-state index is 12.8. The summed E-state index contributed by atoms with van der Waals surface area (Å²) in [5, 5.41) is 3.12. The molecule has 0 aliphatic carbocycles. The van der Waals surface area contributed by atoms with Crippen LogP contribution in [0.5, 0.6) is 5.75 Å². The van der Waals surface area contributed by atoms with Crippen molar-refractivity contribution in [2.75, 3.05) is 13.1 Å². The van der Waals surface area contributed by atoms with E-state index in [0.29, 0.717) is 6.61 Å². The Bertz CT molecular complexity index is 1050. The second-order valence-electron chi connectivity index (χ2n) is 8.03. The van der Waals surface area contributed by atoms with E-state index >= 15 is 0 Å². The first-order valence-electron chi connectivity index (χ1n) is 10.6. The number of hydrogen-bond acceptors (Lipinski definition) is 4. The lowest BCUT2D eigenvalue weighted by molar-refractivity contribution is 0.0724. The van der Waals surface area contributed by atoms with Crippen LogP contribution in [0.2, 0.25) is 0 Å². The first kappa shape index (κ1) is 20.6. The van der Waals surface area contributed by atoms with Crippen LogP contribution in [0.4, 0.5) is 0 Å². The number of aromatic nitrogens is 1. The number of likely N-dealkylation sites (tertiary alicyclic amines) is 1. The zero-order chi connectivity index (χ0) is 21.1. The van der Waals surface area contributed by atoms with Crippen molar-refractivity contribution in [3.8, 4) is 17.0 Å². The van der Waals surface area contributed by atoms with Gasteiger partial charge in [0.15, 0.2) is 0 Å². The minimum absolute atomic E-state index is 0.144. The first-order chi connectivity index (χ1) is 14.5. The molecule has 1 aliphatic heterocycles. The molecule has 0 spiro atoms. The summed E-state index contributed by atoms with van der Waals surface area (Å²) in [5.41, 5.74) is 6.10. The first-order valence-corrected chi connectivity index (χ1v) is 11.4. The highest BCUT2D eigenvalue weighted by Crippen LogP contribution is 2.32. The van der Waals surface area contributed by atoms with E-state index in [1.165, 1.54) is 12.0 Å². The average molecular weight is 421 g/mol. The van der Waals surface area contributed by atoms with Crippen molar-refractivity contribution < 1.29 is 9.53 Å². The van der Waals surface area contributed by atoms with E-state index in [2.05, 4.69) is 29.4 Å². The van der Waals surface area contributed by atoms with Gasteiger partial charge in [-0.3, -0.25) is 4.79 Å². The average Bonchev–Trinajstić information content (AvgIpc) is 3.19. The van der Waals surface area contributed by atoms with E-state index < -0.39 is 0 Å². The van der Waals surface area contributed by atoms with E-state index in [0.717, 1.165) is 64.6 Å². The third-order valence-corrected chi connectivity index (χ3v) is 6.42. The van der Waals surface area contributed by atoms with E-state index in [9.17, 15) is 4.79 Å². The second-order valence-corrected chi connectivity index (χ2v) is 9.10. The molecule has 2 heterocycles. The van der Waals surface area contributed by atoms with Gasteiger partial charge in [-0.1, -0.05) is 17.7 Å². The summed E-state index contributed by atoms with van der Waals surface area (Å²) in [5.74, 6) is 0.976. The molecule has 1 aliphatic rings. The SMILES string of the molecule is Cc1ccc(OCc2ccc(C(=O)N3CCCCC3)cc2C)c(-c2csc(C)n2)c1. The lowest BCUT2D eigenvalue weighted by Gasteiger charge is -2.27. The highest BCUT2D eigenvalue weighted by Gasteiger charge is 2.19. The van der Waals surface area contributed by atoms with Gasteiger partial charge in [0.2, 0.25) is 0 Å². The van der Waals surface area contributed by atoms with Crippen LogP contribution in [-0.4, -0.2) is 28.9 Å². The molecule has 0 atom stereocenters. The molecule has 0 radical (unpaired) electrons. The Hall–Kier alpha value is -2.66. The van der Waals surface area contributed by atoms with Gasteiger partial charge in [-0.05, 0) is 75.4 Å². The third-order valence-electron chi connectivity index (χ3n) is 5.65. The summed E-state index contributed by atoms with van der Waals surface area (Å²) in [6.45, 7) is 8.34. The summed E-state index contributed by atoms with van der Waals surface area (Å²) in [7, 11) is 0. The van der Waals surface area contributed by atoms with Crippen LogP contribution in [0.25, 0.3) is 11.3 Å². The minimum atomic E-state index is 0.144. The fourth-order valence-electron chi connectivity index (χ4n) is 3.88. The summed E-state index contributed by atoms with van der Waals surface area (Å²) in [4.78, 5) is 19.4. The van der Waals surface area contributed by atoms with Crippen molar-refractivity contribution in [1.29, 1.82) is 0 Å². The van der Waals surface area contributed by atoms with E-state index in [-0.39, 0.29) is 5.91 Å². The summed E-state index contributed by atoms with van der Waals surface area (Å²) < 4.78 is 6.21. The Morgan fingerprint density at radius 3 is 2.57 bits per heavy atom. The number of carbonyl (C=O) groups excluding carboxylic acids is 1. The predicted molar refractivity (Wildman–Crippen MR) is 122 cm³/mol. The van der Waals surface area contributed by atoms with Crippen molar-refractivity contribution in [2.45, 2.75) is 46.6 Å². The molecule has 0 unspecified atom stereocenters. The Kier molecular flexibility index (Phi) is 6.18. The van der Waals surface area contributed by atoms with Crippen molar-refractivity contribution >= 4 is 17.2 Å². The molecule has 5 heteroatoms. The van der Waals surface area contributed by atoms with Gasteiger partial charge < -0.3 is 9.64 Å². The summed E-state index contributed by atoms with van der Waals surface area (Å²) in [6.07, 6.45) is 3.43. The molecular weight excluding hydrogens is 392 g/mol. The molecule has 4 nitrogen and oxygen atoms in total. The lowest BCUT2D eigenvalue weighted by Crippen LogP contribution is -2.35. The van der Waals surface area contributed by atoms with Gasteiger partial charge in [0.25, 0.3) is 5.91 Å². The number of benzene rings is 2. The van der Waals surface area contributed by atoms with Crippen LogP contribution in [0.1, 0.15) is 51.3 Å². The number of aryl methyl sites for hydroxylation is 3. The Morgan fingerprint density at radius 1 is 1.07 bits per heavy atom. The molecule has 0 bridgehead atoms. The summed E-state index contributed by atoms with van der Waals surface area (Å²) in [6, 6.07) is 12.1. The van der Waals surface area contributed by atoms with Crippen LogP contribution in [0.3, 0.4) is 0 Å². The molecule has 156 valence electrons. The smallest absolute Gasteiger partial charge is 0.253 e. The zero-order valence-electron chi connectivity index (χ0n) is 17.9. The van der Waals surface area contributed by atoms with Crippen molar-refractivity contribution in [1.82, 2.24) is 9.88 Å². The van der Waals surface area contributed by atoms with Crippen LogP contribution in [0, 0.1) is 20.8 Å². The Balaban J connectivity index is 1.50. The van der Waals surface area contributed by atoms with Gasteiger partial charge in [0.1, 0.15) is 12.4 Å². The largest absolute Gasteiger partial charge is 0.488 e. The van der Waals surface area contributed by atoms with Crippen LogP contribution in [0.15, 0.2) is 41.8 Å². The molecule has 1 fully saturated rings. The quantitative estimate of drug-likeness (QED) is 0.513. The van der Waals surface area contributed by atoms with E-state index in [1.807, 2.05) is 43.0 Å². The molecule has 2 aromatic carbocycles. The van der Waals surface area contributed by atoms with Gasteiger partial charge in [0.05, 0.1) is 10.7 Å². The zero-order valence-corrected chi connectivity index (χ0v) is 18.7. The maximum Gasteiger partial charge on any atom is 0.253 e. The van der Waals surface area contributed by atoms with Gasteiger partial charge in [-0.15, -0.1) is 11.3 Å². The van der Waals surface area contributed by atoms with Gasteiger partial charge >= 0.3 is 0 Å². The molecule has 0 saturated carbocycles. The van der Waals surface area contributed by atoms with Gasteiger partial charge in [-0.2, -0.15) is 0 Å². The second kappa shape index (κ2) is 9.00. The van der Waals surface area contributed by atoms with Gasteiger partial charge in [-0.25, -0.2) is 4.98 Å². The molecular formula is C25H28N2O2S. The molecule has 1 amide bonds. The van der Waals surface area contributed by atoms with Crippen molar-refractivity contribution in [3.63, 3.8) is 0 Å². The number of thiazole rings is 1. The number of carbonyl (C=O) groups is 1. The lowest BCUT2D eigenvalue weighted by atomic mass is 10.0.